The zero-order chi connectivity index (χ0) is 26.6. The molecule has 0 atom stereocenters. The number of fused-ring (bicyclic) bond motifs is 1. The van der Waals surface area contributed by atoms with Crippen LogP contribution >= 0.6 is 0 Å². The fourth-order valence-corrected chi connectivity index (χ4v) is 4.92. The number of aryl methyl sites for hydroxylation is 1. The number of anilines is 1. The standard InChI is InChI=1S/C24H22N4O8S/c1-16-3-9-20(12-21(16)28(30)31)37(32,33)27(18-5-7-19(34-2)8-6-18)14-24(29)26-25-13-17-4-10-22-23(11-17)36-15-35-22/h3-13H,14-15H2,1-2H3,(H,26,29)/b25-13-. The number of hydrazone groups is 1. The minimum atomic E-state index is -4.38. The van der Waals surface area contributed by atoms with Crippen LogP contribution in [-0.4, -0.2) is 45.9 Å². The molecule has 12 nitrogen and oxygen atoms in total. The van der Waals surface area contributed by atoms with E-state index in [4.69, 9.17) is 14.2 Å². The van der Waals surface area contributed by atoms with E-state index in [0.29, 0.717) is 28.4 Å². The lowest BCUT2D eigenvalue weighted by molar-refractivity contribution is -0.385. The van der Waals surface area contributed by atoms with Crippen LogP contribution in [-0.2, 0) is 14.8 Å². The topological polar surface area (TPSA) is 150 Å². The molecule has 0 spiro atoms. The van der Waals surface area contributed by atoms with E-state index in [9.17, 15) is 23.3 Å². The van der Waals surface area contributed by atoms with Gasteiger partial charge in [0.05, 0.1) is 28.8 Å². The maximum Gasteiger partial charge on any atom is 0.273 e. The molecule has 0 unspecified atom stereocenters. The van der Waals surface area contributed by atoms with Crippen LogP contribution < -0.4 is 23.9 Å². The summed E-state index contributed by atoms with van der Waals surface area (Å²) in [6.45, 7) is 0.975. The van der Waals surface area contributed by atoms with Gasteiger partial charge in [-0.25, -0.2) is 13.8 Å². The number of nitrogens with one attached hydrogen (secondary N) is 1. The number of nitro benzene ring substituents is 1. The number of amides is 1. The SMILES string of the molecule is COc1ccc(N(CC(=O)N/N=C\c2ccc3c(c2)OCO3)S(=O)(=O)c2ccc(C)c([N+](=O)[O-])c2)cc1. The lowest BCUT2D eigenvalue weighted by Crippen LogP contribution is -2.39. The third-order valence-corrected chi connectivity index (χ3v) is 7.18. The van der Waals surface area contributed by atoms with Crippen molar-refractivity contribution < 1.29 is 32.3 Å². The van der Waals surface area contributed by atoms with Crippen LogP contribution in [0.5, 0.6) is 17.2 Å². The van der Waals surface area contributed by atoms with Gasteiger partial charge in [0.2, 0.25) is 6.79 Å². The Morgan fingerprint density at radius 1 is 1.14 bits per heavy atom. The molecule has 37 heavy (non-hydrogen) atoms. The summed E-state index contributed by atoms with van der Waals surface area (Å²) in [7, 11) is -2.92. The maximum absolute atomic E-state index is 13.5. The van der Waals surface area contributed by atoms with E-state index < -0.39 is 27.4 Å². The Labute approximate surface area is 212 Å². The lowest BCUT2D eigenvalue weighted by atomic mass is 10.2. The molecule has 0 fully saturated rings. The summed E-state index contributed by atoms with van der Waals surface area (Å²) in [6.07, 6.45) is 1.37. The largest absolute Gasteiger partial charge is 0.497 e. The second-order valence-electron chi connectivity index (χ2n) is 7.82. The van der Waals surface area contributed by atoms with E-state index in [0.717, 1.165) is 10.4 Å². The summed E-state index contributed by atoms with van der Waals surface area (Å²) in [4.78, 5) is 23.1. The zero-order valence-electron chi connectivity index (χ0n) is 19.8. The van der Waals surface area contributed by atoms with Crippen molar-refractivity contribution in [3.05, 3.63) is 81.9 Å². The molecule has 1 amide bonds. The molecule has 13 heteroatoms. The molecule has 1 heterocycles. The third-order valence-electron chi connectivity index (χ3n) is 5.41. The van der Waals surface area contributed by atoms with Crippen molar-refractivity contribution in [2.45, 2.75) is 11.8 Å². The quantitative estimate of drug-likeness (QED) is 0.254. The first-order valence-electron chi connectivity index (χ1n) is 10.8. The minimum Gasteiger partial charge on any atom is -0.497 e. The van der Waals surface area contributed by atoms with Gasteiger partial charge in [0.15, 0.2) is 11.5 Å². The molecular formula is C24H22N4O8S. The molecule has 1 aliphatic heterocycles. The van der Waals surface area contributed by atoms with Crippen molar-refractivity contribution in [1.82, 2.24) is 5.43 Å². The number of nitro groups is 1. The van der Waals surface area contributed by atoms with Crippen LogP contribution in [0.1, 0.15) is 11.1 Å². The molecule has 0 radical (unpaired) electrons. The molecule has 0 saturated carbocycles. The predicted molar refractivity (Wildman–Crippen MR) is 134 cm³/mol. The Morgan fingerprint density at radius 2 is 1.86 bits per heavy atom. The summed E-state index contributed by atoms with van der Waals surface area (Å²) in [5.41, 5.74) is 3.02. The number of hydrogen-bond acceptors (Lipinski definition) is 9. The highest BCUT2D eigenvalue weighted by Gasteiger charge is 2.29. The average molecular weight is 527 g/mol. The number of carbonyl (C=O) groups is 1. The second-order valence-corrected chi connectivity index (χ2v) is 9.68. The Balaban J connectivity index is 1.59. The van der Waals surface area contributed by atoms with Crippen LogP contribution in [0, 0.1) is 17.0 Å². The van der Waals surface area contributed by atoms with Gasteiger partial charge >= 0.3 is 0 Å². The number of ether oxygens (including phenoxy) is 3. The summed E-state index contributed by atoms with van der Waals surface area (Å²) in [6, 6.07) is 14.6. The molecule has 0 saturated heterocycles. The van der Waals surface area contributed by atoms with Gasteiger partial charge in [-0.3, -0.25) is 19.2 Å². The number of carbonyl (C=O) groups excluding carboxylic acids is 1. The van der Waals surface area contributed by atoms with Crippen LogP contribution in [0.3, 0.4) is 0 Å². The second kappa shape index (κ2) is 10.5. The van der Waals surface area contributed by atoms with Crippen molar-refractivity contribution in [3.63, 3.8) is 0 Å². The summed E-state index contributed by atoms with van der Waals surface area (Å²) in [5.74, 6) is 0.875. The van der Waals surface area contributed by atoms with E-state index in [1.54, 1.807) is 18.2 Å². The van der Waals surface area contributed by atoms with Gasteiger partial charge in [-0.15, -0.1) is 0 Å². The zero-order valence-corrected chi connectivity index (χ0v) is 20.6. The van der Waals surface area contributed by atoms with Crippen molar-refractivity contribution >= 4 is 33.5 Å². The molecule has 3 aromatic carbocycles. The molecular weight excluding hydrogens is 504 g/mol. The van der Waals surface area contributed by atoms with Gasteiger partial charge in [-0.2, -0.15) is 5.10 Å². The Hall–Kier alpha value is -4.65. The molecule has 1 aliphatic rings. The van der Waals surface area contributed by atoms with Crippen LogP contribution in [0.25, 0.3) is 0 Å². The van der Waals surface area contributed by atoms with E-state index in [-0.39, 0.29) is 23.1 Å². The molecule has 0 aromatic heterocycles. The van der Waals surface area contributed by atoms with E-state index in [1.807, 2.05) is 0 Å². The number of hydrogen-bond donors (Lipinski definition) is 1. The van der Waals surface area contributed by atoms with E-state index in [2.05, 4.69) is 10.5 Å². The number of methoxy groups -OCH3 is 1. The van der Waals surface area contributed by atoms with Crippen LogP contribution in [0.4, 0.5) is 11.4 Å². The highest BCUT2D eigenvalue weighted by Crippen LogP contribution is 2.32. The molecule has 0 aliphatic carbocycles. The smallest absolute Gasteiger partial charge is 0.273 e. The van der Waals surface area contributed by atoms with E-state index >= 15 is 0 Å². The number of benzene rings is 3. The first-order chi connectivity index (χ1) is 17.7. The Bertz CT molecular complexity index is 1470. The average Bonchev–Trinajstić information content (AvgIpc) is 3.35. The monoisotopic (exact) mass is 526 g/mol. The number of rotatable bonds is 9. The normalized spacial score (nSPS) is 12.4. The summed E-state index contributed by atoms with van der Waals surface area (Å²) < 4.78 is 43.6. The number of nitrogens with zero attached hydrogens (tertiary/aromatic N) is 3. The molecule has 3 aromatic rings. The third kappa shape index (κ3) is 5.62. The molecule has 1 N–H and O–H groups in total. The highest BCUT2D eigenvalue weighted by molar-refractivity contribution is 7.92. The van der Waals surface area contributed by atoms with Gasteiger partial charge in [0.1, 0.15) is 12.3 Å². The minimum absolute atomic E-state index is 0.118. The Morgan fingerprint density at radius 3 is 2.57 bits per heavy atom. The van der Waals surface area contributed by atoms with Crippen molar-refractivity contribution in [1.29, 1.82) is 0 Å². The lowest BCUT2D eigenvalue weighted by Gasteiger charge is -2.24. The van der Waals surface area contributed by atoms with E-state index in [1.165, 1.54) is 56.6 Å². The first kappa shape index (κ1) is 25.4. The highest BCUT2D eigenvalue weighted by atomic mass is 32.2. The summed E-state index contributed by atoms with van der Waals surface area (Å²) >= 11 is 0. The van der Waals surface area contributed by atoms with Crippen molar-refractivity contribution in [2.24, 2.45) is 5.10 Å². The van der Waals surface area contributed by atoms with Crippen molar-refractivity contribution in [2.75, 3.05) is 24.8 Å². The predicted octanol–water partition coefficient (Wildman–Crippen LogP) is 2.99. The van der Waals surface area contributed by atoms with Crippen LogP contribution in [0.2, 0.25) is 0 Å². The van der Waals surface area contributed by atoms with Gasteiger partial charge < -0.3 is 14.2 Å². The fourth-order valence-electron chi connectivity index (χ4n) is 3.48. The molecule has 4 rings (SSSR count). The van der Waals surface area contributed by atoms with Gasteiger partial charge in [0.25, 0.3) is 21.6 Å². The maximum atomic E-state index is 13.5. The molecule has 0 bridgehead atoms. The molecule has 192 valence electrons. The van der Waals surface area contributed by atoms with Gasteiger partial charge in [-0.05, 0) is 61.0 Å². The van der Waals surface area contributed by atoms with Gasteiger partial charge in [0, 0.05) is 11.6 Å². The van der Waals surface area contributed by atoms with Crippen LogP contribution in [0.15, 0.2) is 70.7 Å². The summed E-state index contributed by atoms with van der Waals surface area (Å²) in [5, 5.41) is 15.3. The Kier molecular flexibility index (Phi) is 7.25. The first-order valence-corrected chi connectivity index (χ1v) is 12.3. The van der Waals surface area contributed by atoms with Crippen molar-refractivity contribution in [3.8, 4) is 17.2 Å². The van der Waals surface area contributed by atoms with Gasteiger partial charge in [-0.1, -0.05) is 6.07 Å². The number of sulfonamides is 1. The fraction of sp³-hybridized carbons (Fsp3) is 0.167.